The predicted octanol–water partition coefficient (Wildman–Crippen LogP) is 5.64. The van der Waals surface area contributed by atoms with Gasteiger partial charge in [-0.15, -0.1) is 0 Å². The molecule has 0 radical (unpaired) electrons. The molecule has 0 spiro atoms. The quantitative estimate of drug-likeness (QED) is 0.632. The van der Waals surface area contributed by atoms with Gasteiger partial charge in [0.05, 0.1) is 0 Å². The van der Waals surface area contributed by atoms with E-state index in [1.807, 2.05) is 0 Å². The standard InChI is InChI=1S/C25H38N2/c1-24(2,3)26-18-22-14-10-20(11-15-22)8-7-9-21-12-16-23(17-13-21)19-27-25(4,5)6/h10-17,26-27H,7-9,18-19H2,1-6H3. The number of benzene rings is 2. The van der Waals surface area contributed by atoms with Gasteiger partial charge < -0.3 is 10.6 Å². The molecular formula is C25H38N2. The average Bonchev–Trinajstić information content (AvgIpc) is 2.59. The summed E-state index contributed by atoms with van der Waals surface area (Å²) in [5.74, 6) is 0. The maximum atomic E-state index is 3.54. The first-order valence-electron chi connectivity index (χ1n) is 10.3. The summed E-state index contributed by atoms with van der Waals surface area (Å²) in [5.41, 5.74) is 5.90. The second-order valence-electron chi connectivity index (χ2n) is 9.69. The van der Waals surface area contributed by atoms with Crippen molar-refractivity contribution in [3.8, 4) is 0 Å². The minimum atomic E-state index is 0.164. The van der Waals surface area contributed by atoms with Crippen LogP contribution in [0.4, 0.5) is 0 Å². The number of hydrogen-bond donors (Lipinski definition) is 2. The summed E-state index contributed by atoms with van der Waals surface area (Å²) in [6.07, 6.45) is 3.47. The van der Waals surface area contributed by atoms with Gasteiger partial charge in [0.1, 0.15) is 0 Å². The van der Waals surface area contributed by atoms with E-state index in [-0.39, 0.29) is 11.1 Å². The van der Waals surface area contributed by atoms with Gasteiger partial charge in [-0.25, -0.2) is 0 Å². The lowest BCUT2D eigenvalue weighted by Gasteiger charge is -2.20. The van der Waals surface area contributed by atoms with Gasteiger partial charge in [0.2, 0.25) is 0 Å². The van der Waals surface area contributed by atoms with Crippen molar-refractivity contribution in [2.75, 3.05) is 0 Å². The van der Waals surface area contributed by atoms with Gasteiger partial charge in [-0.05, 0) is 83.1 Å². The van der Waals surface area contributed by atoms with Crippen LogP contribution in [0.2, 0.25) is 0 Å². The summed E-state index contributed by atoms with van der Waals surface area (Å²) in [7, 11) is 0. The first-order valence-corrected chi connectivity index (χ1v) is 10.3. The van der Waals surface area contributed by atoms with Gasteiger partial charge in [0.15, 0.2) is 0 Å². The van der Waals surface area contributed by atoms with Gasteiger partial charge in [-0.1, -0.05) is 48.5 Å². The Kier molecular flexibility index (Phi) is 7.64. The van der Waals surface area contributed by atoms with Crippen LogP contribution in [-0.2, 0) is 25.9 Å². The molecule has 0 fully saturated rings. The summed E-state index contributed by atoms with van der Waals surface area (Å²) >= 11 is 0. The third-order valence-corrected chi connectivity index (χ3v) is 4.62. The van der Waals surface area contributed by atoms with E-state index in [4.69, 9.17) is 0 Å². The van der Waals surface area contributed by atoms with E-state index in [1.54, 1.807) is 0 Å². The molecule has 0 saturated carbocycles. The van der Waals surface area contributed by atoms with Crippen molar-refractivity contribution < 1.29 is 0 Å². The van der Waals surface area contributed by atoms with Crippen molar-refractivity contribution in [2.45, 2.75) is 85.0 Å². The van der Waals surface area contributed by atoms with E-state index in [0.717, 1.165) is 25.9 Å². The lowest BCUT2D eigenvalue weighted by Crippen LogP contribution is -2.35. The molecule has 27 heavy (non-hydrogen) atoms. The molecule has 0 atom stereocenters. The third-order valence-electron chi connectivity index (χ3n) is 4.62. The van der Waals surface area contributed by atoms with E-state index < -0.39 is 0 Å². The molecule has 0 aromatic heterocycles. The first kappa shape index (κ1) is 21.7. The van der Waals surface area contributed by atoms with E-state index in [0.29, 0.717) is 0 Å². The zero-order valence-corrected chi connectivity index (χ0v) is 18.2. The number of aryl methyl sites for hydroxylation is 2. The summed E-state index contributed by atoms with van der Waals surface area (Å²) < 4.78 is 0. The van der Waals surface area contributed by atoms with Crippen LogP contribution in [0, 0.1) is 0 Å². The van der Waals surface area contributed by atoms with Crippen LogP contribution in [0.5, 0.6) is 0 Å². The molecule has 2 rings (SSSR count). The van der Waals surface area contributed by atoms with Crippen LogP contribution in [0.1, 0.15) is 70.2 Å². The zero-order chi connectivity index (χ0) is 19.9. The fourth-order valence-corrected chi connectivity index (χ4v) is 2.88. The Morgan fingerprint density at radius 1 is 0.519 bits per heavy atom. The summed E-state index contributed by atoms with van der Waals surface area (Å²) in [6, 6.07) is 18.1. The van der Waals surface area contributed by atoms with Crippen LogP contribution in [0.3, 0.4) is 0 Å². The van der Waals surface area contributed by atoms with Gasteiger partial charge in [-0.3, -0.25) is 0 Å². The molecule has 0 aliphatic carbocycles. The van der Waals surface area contributed by atoms with Crippen LogP contribution >= 0.6 is 0 Å². The molecule has 148 valence electrons. The van der Waals surface area contributed by atoms with Crippen LogP contribution in [0.15, 0.2) is 48.5 Å². The first-order chi connectivity index (χ1) is 12.6. The van der Waals surface area contributed by atoms with Gasteiger partial charge >= 0.3 is 0 Å². The van der Waals surface area contributed by atoms with Crippen molar-refractivity contribution in [3.05, 3.63) is 70.8 Å². The lowest BCUT2D eigenvalue weighted by atomic mass is 10.0. The monoisotopic (exact) mass is 366 g/mol. The normalized spacial score (nSPS) is 12.4. The maximum absolute atomic E-state index is 3.54. The molecule has 0 aliphatic heterocycles. The highest BCUT2D eigenvalue weighted by Gasteiger charge is 2.09. The molecule has 2 nitrogen and oxygen atoms in total. The van der Waals surface area contributed by atoms with Gasteiger partial charge in [0.25, 0.3) is 0 Å². The minimum absolute atomic E-state index is 0.164. The Morgan fingerprint density at radius 2 is 0.815 bits per heavy atom. The molecule has 0 amide bonds. The fourth-order valence-electron chi connectivity index (χ4n) is 2.88. The van der Waals surface area contributed by atoms with E-state index >= 15 is 0 Å². The molecule has 2 N–H and O–H groups in total. The smallest absolute Gasteiger partial charge is 0.0210 e. The van der Waals surface area contributed by atoms with Crippen LogP contribution in [-0.4, -0.2) is 11.1 Å². The predicted molar refractivity (Wildman–Crippen MR) is 118 cm³/mol. The third kappa shape index (κ3) is 9.21. The molecule has 0 saturated heterocycles. The molecular weight excluding hydrogens is 328 g/mol. The minimum Gasteiger partial charge on any atom is -0.308 e. The summed E-state index contributed by atoms with van der Waals surface area (Å²) in [5, 5.41) is 7.08. The second-order valence-corrected chi connectivity index (χ2v) is 9.69. The number of rotatable bonds is 8. The van der Waals surface area contributed by atoms with Crippen molar-refractivity contribution >= 4 is 0 Å². The highest BCUT2D eigenvalue weighted by molar-refractivity contribution is 5.24. The molecule has 0 aliphatic rings. The van der Waals surface area contributed by atoms with Crippen molar-refractivity contribution in [2.24, 2.45) is 0 Å². The Balaban J connectivity index is 1.74. The number of nitrogens with one attached hydrogen (secondary N) is 2. The molecule has 2 aromatic rings. The fraction of sp³-hybridized carbons (Fsp3) is 0.520. The maximum Gasteiger partial charge on any atom is 0.0210 e. The zero-order valence-electron chi connectivity index (χ0n) is 18.2. The molecule has 2 heteroatoms. The molecule has 2 aromatic carbocycles. The van der Waals surface area contributed by atoms with Crippen molar-refractivity contribution in [1.82, 2.24) is 10.6 Å². The summed E-state index contributed by atoms with van der Waals surface area (Å²) in [4.78, 5) is 0. The van der Waals surface area contributed by atoms with Crippen molar-refractivity contribution in [3.63, 3.8) is 0 Å². The largest absolute Gasteiger partial charge is 0.308 e. The second kappa shape index (κ2) is 9.52. The van der Waals surface area contributed by atoms with E-state index in [1.165, 1.54) is 28.7 Å². The van der Waals surface area contributed by atoms with Crippen LogP contribution < -0.4 is 10.6 Å². The Hall–Kier alpha value is -1.64. The Labute approximate surface area is 166 Å². The van der Waals surface area contributed by atoms with Crippen molar-refractivity contribution in [1.29, 1.82) is 0 Å². The van der Waals surface area contributed by atoms with E-state index in [2.05, 4.69) is 101 Å². The van der Waals surface area contributed by atoms with E-state index in [9.17, 15) is 0 Å². The molecule has 0 heterocycles. The Bertz CT molecular complexity index is 609. The highest BCUT2D eigenvalue weighted by atomic mass is 14.9. The summed E-state index contributed by atoms with van der Waals surface area (Å²) in [6.45, 7) is 15.1. The molecule has 0 unspecified atom stereocenters. The highest BCUT2D eigenvalue weighted by Crippen LogP contribution is 2.12. The van der Waals surface area contributed by atoms with Crippen LogP contribution in [0.25, 0.3) is 0 Å². The van der Waals surface area contributed by atoms with Gasteiger partial charge in [0, 0.05) is 24.2 Å². The topological polar surface area (TPSA) is 24.1 Å². The molecule has 0 bridgehead atoms. The number of hydrogen-bond acceptors (Lipinski definition) is 2. The SMILES string of the molecule is CC(C)(C)NCc1ccc(CCCc2ccc(CNC(C)(C)C)cc2)cc1. The Morgan fingerprint density at radius 3 is 1.11 bits per heavy atom. The van der Waals surface area contributed by atoms with Gasteiger partial charge in [-0.2, -0.15) is 0 Å². The lowest BCUT2D eigenvalue weighted by molar-refractivity contribution is 0.424. The average molecular weight is 367 g/mol.